The minimum atomic E-state index is -0.217. The Labute approximate surface area is 156 Å². The first-order chi connectivity index (χ1) is 13.2. The van der Waals surface area contributed by atoms with Crippen LogP contribution < -0.4 is 5.56 Å². The number of H-pyrrole nitrogens is 1. The molecule has 27 heavy (non-hydrogen) atoms. The van der Waals surface area contributed by atoms with E-state index in [0.717, 1.165) is 49.3 Å². The quantitative estimate of drug-likeness (QED) is 0.771. The lowest BCUT2D eigenvalue weighted by Gasteiger charge is -2.32. The van der Waals surface area contributed by atoms with Crippen LogP contribution in [0.15, 0.2) is 59.7 Å². The Balaban J connectivity index is 1.53. The molecule has 4 rings (SSSR count). The van der Waals surface area contributed by atoms with Gasteiger partial charge in [0.2, 0.25) is 0 Å². The lowest BCUT2D eigenvalue weighted by atomic mass is 9.94. The number of halogens is 1. The predicted octanol–water partition coefficient (Wildman–Crippen LogP) is 3.35. The number of benzene rings is 1. The molecule has 0 saturated carbocycles. The highest BCUT2D eigenvalue weighted by Gasteiger charge is 2.23. The van der Waals surface area contributed by atoms with Gasteiger partial charge in [0.25, 0.3) is 5.56 Å². The number of aromatic nitrogens is 3. The maximum Gasteiger partial charge on any atom is 0.251 e. The summed E-state index contributed by atoms with van der Waals surface area (Å²) in [5, 5.41) is 0. The molecule has 138 valence electrons. The van der Waals surface area contributed by atoms with Gasteiger partial charge in [0.05, 0.1) is 5.69 Å². The summed E-state index contributed by atoms with van der Waals surface area (Å²) >= 11 is 0. The van der Waals surface area contributed by atoms with Gasteiger partial charge >= 0.3 is 0 Å². The van der Waals surface area contributed by atoms with E-state index in [1.807, 2.05) is 24.3 Å². The molecule has 1 aliphatic rings. The second-order valence-electron chi connectivity index (χ2n) is 6.96. The van der Waals surface area contributed by atoms with Crippen LogP contribution in [0.4, 0.5) is 4.39 Å². The summed E-state index contributed by atoms with van der Waals surface area (Å²) in [7, 11) is 0. The number of pyridine rings is 1. The average Bonchev–Trinajstić information content (AvgIpc) is 2.70. The monoisotopic (exact) mass is 364 g/mol. The van der Waals surface area contributed by atoms with Crippen LogP contribution in [0.1, 0.15) is 30.0 Å². The van der Waals surface area contributed by atoms with E-state index in [1.165, 1.54) is 12.1 Å². The highest BCUT2D eigenvalue weighted by Crippen LogP contribution is 2.27. The third-order valence-corrected chi connectivity index (χ3v) is 4.94. The van der Waals surface area contributed by atoms with E-state index in [-0.39, 0.29) is 17.3 Å². The molecule has 1 N–H and O–H groups in total. The smallest absolute Gasteiger partial charge is 0.251 e. The van der Waals surface area contributed by atoms with Crippen LogP contribution in [0.3, 0.4) is 0 Å². The summed E-state index contributed by atoms with van der Waals surface area (Å²) in [6.45, 7) is 2.60. The molecule has 1 unspecified atom stereocenters. The topological polar surface area (TPSA) is 61.9 Å². The zero-order valence-corrected chi connectivity index (χ0v) is 14.9. The van der Waals surface area contributed by atoms with Crippen molar-refractivity contribution in [3.63, 3.8) is 0 Å². The van der Waals surface area contributed by atoms with Crippen molar-refractivity contribution >= 4 is 0 Å². The van der Waals surface area contributed by atoms with Crippen LogP contribution in [0.5, 0.6) is 0 Å². The Kier molecular flexibility index (Phi) is 5.07. The summed E-state index contributed by atoms with van der Waals surface area (Å²) in [6.07, 6.45) is 5.44. The van der Waals surface area contributed by atoms with Gasteiger partial charge in [-0.25, -0.2) is 9.37 Å². The molecule has 0 amide bonds. The molecular formula is C21H21FN4O. The van der Waals surface area contributed by atoms with E-state index >= 15 is 0 Å². The first kappa shape index (κ1) is 17.5. The average molecular weight is 364 g/mol. The molecule has 5 nitrogen and oxygen atoms in total. The van der Waals surface area contributed by atoms with Crippen LogP contribution in [-0.2, 0) is 6.54 Å². The number of piperidine rings is 1. The number of hydrogen-bond acceptors (Lipinski definition) is 4. The van der Waals surface area contributed by atoms with E-state index in [2.05, 4.69) is 14.9 Å². The largest absolute Gasteiger partial charge is 0.306 e. The van der Waals surface area contributed by atoms with Gasteiger partial charge in [-0.2, -0.15) is 0 Å². The first-order valence-corrected chi connectivity index (χ1v) is 9.16. The first-order valence-electron chi connectivity index (χ1n) is 9.16. The van der Waals surface area contributed by atoms with Crippen molar-refractivity contribution in [1.29, 1.82) is 0 Å². The minimum Gasteiger partial charge on any atom is -0.306 e. The summed E-state index contributed by atoms with van der Waals surface area (Å²) in [5.41, 5.74) is 2.57. The lowest BCUT2D eigenvalue weighted by molar-refractivity contribution is 0.198. The predicted molar refractivity (Wildman–Crippen MR) is 102 cm³/mol. The normalized spacial score (nSPS) is 17.7. The zero-order chi connectivity index (χ0) is 18.6. The Morgan fingerprint density at radius 3 is 2.85 bits per heavy atom. The molecule has 1 atom stereocenters. The van der Waals surface area contributed by atoms with Gasteiger partial charge < -0.3 is 4.98 Å². The van der Waals surface area contributed by atoms with Gasteiger partial charge in [0, 0.05) is 43.0 Å². The maximum atomic E-state index is 13.1. The number of hydrogen-bond donors (Lipinski definition) is 1. The Hall–Kier alpha value is -2.86. The standard InChI is InChI=1S/C21H21FN4O/c22-18-7-5-15(6-8-18)13-26-10-2-4-17(14-26)19-11-20(27)25-21(24-19)16-3-1-9-23-12-16/h1,3,5-9,11-12,17H,2,4,10,13-14H2,(H,24,25,27). The molecule has 2 aromatic heterocycles. The van der Waals surface area contributed by atoms with E-state index in [1.54, 1.807) is 18.5 Å². The van der Waals surface area contributed by atoms with Crippen LogP contribution in [0.2, 0.25) is 0 Å². The third-order valence-electron chi connectivity index (χ3n) is 4.94. The van der Waals surface area contributed by atoms with Gasteiger partial charge in [-0.05, 0) is 49.2 Å². The molecule has 1 aromatic carbocycles. The minimum absolute atomic E-state index is 0.144. The summed E-state index contributed by atoms with van der Waals surface area (Å²) in [6, 6.07) is 12.0. The van der Waals surface area contributed by atoms with E-state index in [0.29, 0.717) is 5.82 Å². The van der Waals surface area contributed by atoms with Crippen LogP contribution in [-0.4, -0.2) is 32.9 Å². The third kappa shape index (κ3) is 4.28. The molecule has 1 aliphatic heterocycles. The van der Waals surface area contributed by atoms with E-state index in [4.69, 9.17) is 4.98 Å². The van der Waals surface area contributed by atoms with Crippen LogP contribution in [0, 0.1) is 5.82 Å². The summed E-state index contributed by atoms with van der Waals surface area (Å²) < 4.78 is 13.1. The van der Waals surface area contributed by atoms with Gasteiger partial charge in [-0.15, -0.1) is 0 Å². The molecule has 0 aliphatic carbocycles. The van der Waals surface area contributed by atoms with Gasteiger partial charge in [-0.3, -0.25) is 14.7 Å². The van der Waals surface area contributed by atoms with Crippen LogP contribution >= 0.6 is 0 Å². The fourth-order valence-electron chi connectivity index (χ4n) is 3.61. The zero-order valence-electron chi connectivity index (χ0n) is 14.9. The van der Waals surface area contributed by atoms with Crippen molar-refractivity contribution in [2.24, 2.45) is 0 Å². The fraction of sp³-hybridized carbons (Fsp3) is 0.286. The van der Waals surface area contributed by atoms with Crippen molar-refractivity contribution in [3.8, 4) is 11.4 Å². The molecule has 3 heterocycles. The van der Waals surface area contributed by atoms with Gasteiger partial charge in [0.1, 0.15) is 11.6 Å². The van der Waals surface area contributed by atoms with Crippen molar-refractivity contribution in [2.45, 2.75) is 25.3 Å². The number of rotatable bonds is 4. The van der Waals surface area contributed by atoms with E-state index < -0.39 is 0 Å². The number of likely N-dealkylation sites (tertiary alicyclic amines) is 1. The Morgan fingerprint density at radius 1 is 1.22 bits per heavy atom. The number of aromatic amines is 1. The molecule has 6 heteroatoms. The second-order valence-corrected chi connectivity index (χ2v) is 6.96. The maximum absolute atomic E-state index is 13.1. The Bertz CT molecular complexity index is 956. The van der Waals surface area contributed by atoms with Crippen molar-refractivity contribution < 1.29 is 4.39 Å². The van der Waals surface area contributed by atoms with Crippen LogP contribution in [0.25, 0.3) is 11.4 Å². The Morgan fingerprint density at radius 2 is 2.07 bits per heavy atom. The number of nitrogens with zero attached hydrogens (tertiary/aromatic N) is 3. The molecule has 3 aromatic rings. The summed E-state index contributed by atoms with van der Waals surface area (Å²) in [4.78, 5) is 26.1. The van der Waals surface area contributed by atoms with Gasteiger partial charge in [0.15, 0.2) is 0 Å². The molecular weight excluding hydrogens is 343 g/mol. The molecule has 1 fully saturated rings. The van der Waals surface area contributed by atoms with Crippen molar-refractivity contribution in [3.05, 3.63) is 82.3 Å². The highest BCUT2D eigenvalue weighted by molar-refractivity contribution is 5.52. The van der Waals surface area contributed by atoms with E-state index in [9.17, 15) is 9.18 Å². The fourth-order valence-corrected chi connectivity index (χ4v) is 3.61. The van der Waals surface area contributed by atoms with Gasteiger partial charge in [-0.1, -0.05) is 12.1 Å². The molecule has 0 radical (unpaired) electrons. The highest BCUT2D eigenvalue weighted by atomic mass is 19.1. The van der Waals surface area contributed by atoms with Crippen molar-refractivity contribution in [2.75, 3.05) is 13.1 Å². The lowest BCUT2D eigenvalue weighted by Crippen LogP contribution is -2.34. The second kappa shape index (κ2) is 7.80. The number of nitrogens with one attached hydrogen (secondary N) is 1. The molecule has 0 bridgehead atoms. The van der Waals surface area contributed by atoms with Crippen molar-refractivity contribution in [1.82, 2.24) is 19.9 Å². The summed E-state index contributed by atoms with van der Waals surface area (Å²) in [5.74, 6) is 0.545. The molecule has 0 spiro atoms. The SMILES string of the molecule is O=c1cc(C2CCCN(Cc3ccc(F)cc3)C2)nc(-c2cccnc2)[nH]1. The molecule has 1 saturated heterocycles.